The summed E-state index contributed by atoms with van der Waals surface area (Å²) in [5.41, 5.74) is 0.477. The fraction of sp³-hybridized carbons (Fsp3) is 0.429. The molecule has 0 radical (unpaired) electrons. The van der Waals surface area contributed by atoms with Crippen LogP contribution >= 0.6 is 0 Å². The summed E-state index contributed by atoms with van der Waals surface area (Å²) in [6, 6.07) is 1.91. The lowest BCUT2D eigenvalue weighted by atomic mass is 10.1. The van der Waals surface area contributed by atoms with Gasteiger partial charge in [0, 0.05) is 18.7 Å². The van der Waals surface area contributed by atoms with Gasteiger partial charge in [0.2, 0.25) is 11.8 Å². The third kappa shape index (κ3) is 3.48. The molecule has 1 heterocycles. The minimum absolute atomic E-state index is 0.0552. The van der Waals surface area contributed by atoms with E-state index >= 15 is 0 Å². The average molecular weight is 297 g/mol. The zero-order valence-corrected chi connectivity index (χ0v) is 11.7. The molecule has 1 aliphatic heterocycles. The Morgan fingerprint density at radius 2 is 2.10 bits per heavy atom. The largest absolute Gasteiger partial charge is 0.374 e. The van der Waals surface area contributed by atoms with Crippen LogP contribution in [0.4, 0.5) is 20.2 Å². The number of fused-ring (bicyclic) bond motifs is 1. The summed E-state index contributed by atoms with van der Waals surface area (Å²) in [4.78, 5) is 24.8. The fourth-order valence-corrected chi connectivity index (χ4v) is 2.08. The van der Waals surface area contributed by atoms with Crippen molar-refractivity contribution in [2.45, 2.75) is 19.8 Å². The van der Waals surface area contributed by atoms with Gasteiger partial charge in [-0.25, -0.2) is 8.78 Å². The number of amides is 2. The van der Waals surface area contributed by atoms with Crippen molar-refractivity contribution in [2.75, 3.05) is 29.9 Å². The first-order chi connectivity index (χ1) is 10.0. The topological polar surface area (TPSA) is 61.4 Å². The molecule has 2 N–H and O–H groups in total. The van der Waals surface area contributed by atoms with Crippen LogP contribution in [0.2, 0.25) is 0 Å². The molecule has 5 nitrogen and oxygen atoms in total. The highest BCUT2D eigenvalue weighted by Gasteiger charge is 2.27. The smallest absolute Gasteiger partial charge is 0.246 e. The van der Waals surface area contributed by atoms with E-state index in [-0.39, 0.29) is 30.6 Å². The zero-order chi connectivity index (χ0) is 15.4. The molecule has 0 aliphatic carbocycles. The summed E-state index contributed by atoms with van der Waals surface area (Å²) in [5, 5.41) is 5.39. The van der Waals surface area contributed by atoms with Gasteiger partial charge in [-0.05, 0) is 6.42 Å². The van der Waals surface area contributed by atoms with E-state index < -0.39 is 11.6 Å². The van der Waals surface area contributed by atoms with Crippen molar-refractivity contribution >= 4 is 23.2 Å². The van der Waals surface area contributed by atoms with Gasteiger partial charge in [-0.2, -0.15) is 0 Å². The molecule has 2 amide bonds. The van der Waals surface area contributed by atoms with Crippen LogP contribution in [-0.4, -0.2) is 31.4 Å². The molecule has 0 atom stereocenters. The molecule has 7 heteroatoms. The van der Waals surface area contributed by atoms with Gasteiger partial charge in [-0.3, -0.25) is 14.5 Å². The lowest BCUT2D eigenvalue weighted by Gasteiger charge is -2.29. The van der Waals surface area contributed by atoms with Crippen molar-refractivity contribution in [3.05, 3.63) is 23.8 Å². The highest BCUT2D eigenvalue weighted by atomic mass is 19.2. The van der Waals surface area contributed by atoms with Crippen molar-refractivity contribution in [3.8, 4) is 0 Å². The molecule has 0 bridgehead atoms. The van der Waals surface area contributed by atoms with Gasteiger partial charge in [-0.15, -0.1) is 0 Å². The minimum atomic E-state index is -1.05. The average Bonchev–Trinajstić information content (AvgIpc) is 2.44. The van der Waals surface area contributed by atoms with E-state index in [4.69, 9.17) is 0 Å². The van der Waals surface area contributed by atoms with E-state index in [0.717, 1.165) is 29.9 Å². The van der Waals surface area contributed by atoms with Gasteiger partial charge < -0.3 is 10.6 Å². The highest BCUT2D eigenvalue weighted by molar-refractivity contribution is 6.05. The lowest BCUT2D eigenvalue weighted by Crippen LogP contribution is -2.46. The van der Waals surface area contributed by atoms with Gasteiger partial charge >= 0.3 is 0 Å². The first-order valence-electron chi connectivity index (χ1n) is 6.83. The Morgan fingerprint density at radius 3 is 2.81 bits per heavy atom. The van der Waals surface area contributed by atoms with Gasteiger partial charge in [0.05, 0.1) is 17.9 Å². The molecule has 114 valence electrons. The molecule has 0 unspecified atom stereocenters. The number of nitrogens with one attached hydrogen (secondary N) is 2. The van der Waals surface area contributed by atoms with Crippen molar-refractivity contribution in [3.63, 3.8) is 0 Å². The van der Waals surface area contributed by atoms with Gasteiger partial charge in [-0.1, -0.05) is 13.3 Å². The van der Waals surface area contributed by atoms with Gasteiger partial charge in [0.15, 0.2) is 11.6 Å². The second-order valence-corrected chi connectivity index (χ2v) is 4.82. The number of unbranched alkanes of at least 4 members (excludes halogenated alkanes) is 1. The molecular formula is C14H17F2N3O2. The Bertz CT molecular complexity index is 563. The minimum Gasteiger partial charge on any atom is -0.374 e. The van der Waals surface area contributed by atoms with E-state index in [1.807, 2.05) is 6.92 Å². The maximum Gasteiger partial charge on any atom is 0.246 e. The van der Waals surface area contributed by atoms with Crippen LogP contribution in [0, 0.1) is 11.6 Å². The number of rotatable bonds is 5. The summed E-state index contributed by atoms with van der Waals surface area (Å²) >= 11 is 0. The Morgan fingerprint density at radius 1 is 1.38 bits per heavy atom. The Kier molecular flexibility index (Phi) is 4.72. The van der Waals surface area contributed by atoms with Crippen molar-refractivity contribution < 1.29 is 18.4 Å². The van der Waals surface area contributed by atoms with E-state index in [0.29, 0.717) is 12.2 Å². The molecule has 2 rings (SSSR count). The van der Waals surface area contributed by atoms with Crippen LogP contribution in [0.15, 0.2) is 12.1 Å². The molecule has 21 heavy (non-hydrogen) atoms. The first kappa shape index (κ1) is 15.2. The number of halogens is 2. The Balaban J connectivity index is 2.15. The maximum absolute atomic E-state index is 13.4. The predicted octanol–water partition coefficient (Wildman–Crippen LogP) is 1.64. The van der Waals surface area contributed by atoms with Crippen molar-refractivity contribution in [1.82, 2.24) is 5.32 Å². The molecule has 1 aromatic rings. The number of hydrogen-bond donors (Lipinski definition) is 2. The van der Waals surface area contributed by atoms with Crippen LogP contribution < -0.4 is 15.5 Å². The zero-order valence-electron chi connectivity index (χ0n) is 11.7. The second kappa shape index (κ2) is 6.51. The standard InChI is InChI=1S/C14H17F2N3O2/c1-2-3-4-17-13(20)8-19-12-6-10(16)9(15)5-11(12)18-7-14(19)21/h5-6,18H,2-4,7-8H2,1H3,(H,17,20). The quantitative estimate of drug-likeness (QED) is 0.812. The predicted molar refractivity (Wildman–Crippen MR) is 75.1 cm³/mol. The first-order valence-corrected chi connectivity index (χ1v) is 6.83. The van der Waals surface area contributed by atoms with E-state index in [2.05, 4.69) is 10.6 Å². The second-order valence-electron chi connectivity index (χ2n) is 4.82. The van der Waals surface area contributed by atoms with E-state index in [1.165, 1.54) is 0 Å². The van der Waals surface area contributed by atoms with Crippen molar-refractivity contribution in [1.29, 1.82) is 0 Å². The molecule has 0 spiro atoms. The van der Waals surface area contributed by atoms with Crippen LogP contribution in [0.3, 0.4) is 0 Å². The number of carbonyl (C=O) groups excluding carboxylic acids is 2. The molecule has 0 saturated carbocycles. The molecular weight excluding hydrogens is 280 g/mol. The summed E-state index contributed by atoms with van der Waals surface area (Å²) in [7, 11) is 0. The third-order valence-electron chi connectivity index (χ3n) is 3.21. The summed E-state index contributed by atoms with van der Waals surface area (Å²) in [5.74, 6) is -2.74. The van der Waals surface area contributed by atoms with Gasteiger partial charge in [0.25, 0.3) is 0 Å². The number of benzene rings is 1. The molecule has 1 aromatic carbocycles. The normalized spacial score (nSPS) is 13.7. The monoisotopic (exact) mass is 297 g/mol. The van der Waals surface area contributed by atoms with E-state index in [9.17, 15) is 18.4 Å². The summed E-state index contributed by atoms with van der Waals surface area (Å²) < 4.78 is 26.6. The van der Waals surface area contributed by atoms with Crippen LogP contribution in [0.5, 0.6) is 0 Å². The SMILES string of the molecule is CCCCNC(=O)CN1C(=O)CNc2cc(F)c(F)cc21. The number of anilines is 2. The number of carbonyl (C=O) groups is 2. The van der Waals surface area contributed by atoms with E-state index in [1.54, 1.807) is 0 Å². The molecule has 0 aromatic heterocycles. The highest BCUT2D eigenvalue weighted by Crippen LogP contribution is 2.31. The number of nitrogens with zero attached hydrogens (tertiary/aromatic N) is 1. The molecule has 0 saturated heterocycles. The van der Waals surface area contributed by atoms with Crippen LogP contribution in [0.1, 0.15) is 19.8 Å². The fourth-order valence-electron chi connectivity index (χ4n) is 2.08. The Labute approximate surface area is 121 Å². The van der Waals surface area contributed by atoms with Crippen LogP contribution in [-0.2, 0) is 9.59 Å². The lowest BCUT2D eigenvalue weighted by molar-refractivity contribution is -0.123. The number of hydrogen-bond acceptors (Lipinski definition) is 3. The summed E-state index contributed by atoms with van der Waals surface area (Å²) in [6.07, 6.45) is 1.79. The molecule has 0 fully saturated rings. The third-order valence-corrected chi connectivity index (χ3v) is 3.21. The Hall–Kier alpha value is -2.18. The van der Waals surface area contributed by atoms with Crippen LogP contribution in [0.25, 0.3) is 0 Å². The maximum atomic E-state index is 13.4. The van der Waals surface area contributed by atoms with Crippen molar-refractivity contribution in [2.24, 2.45) is 0 Å². The summed E-state index contributed by atoms with van der Waals surface area (Å²) in [6.45, 7) is 2.27. The van der Waals surface area contributed by atoms with Gasteiger partial charge in [0.1, 0.15) is 6.54 Å². The molecule has 1 aliphatic rings.